The number of hydrogen-bond donors (Lipinski definition) is 2. The van der Waals surface area contributed by atoms with Gasteiger partial charge in [0.2, 0.25) is 5.91 Å². The number of ether oxygens (including phenoxy) is 1. The van der Waals surface area contributed by atoms with Crippen LogP contribution in [0.15, 0.2) is 35.0 Å². The molecule has 1 aromatic heterocycles. The molecule has 3 rings (SSSR count). The van der Waals surface area contributed by atoms with Crippen LogP contribution < -0.4 is 10.1 Å². The van der Waals surface area contributed by atoms with Crippen molar-refractivity contribution in [3.05, 3.63) is 52.0 Å². The molecule has 122 valence electrons. The molecule has 0 spiro atoms. The maximum absolute atomic E-state index is 13.3. The summed E-state index contributed by atoms with van der Waals surface area (Å²) in [6.07, 6.45) is 0.430. The highest BCUT2D eigenvalue weighted by Gasteiger charge is 2.29. The standard InChI is InChI=1S/C17H18FNO3S/c1-17(21,13-4-5-23-9-13)10-19-16(20)12-6-11-7-14(18)2-3-15(11)22-8-12/h2-5,7,9,12,21H,6,8,10H2,1H3,(H,19,20). The van der Waals surface area contributed by atoms with Crippen LogP contribution in [-0.4, -0.2) is 24.2 Å². The largest absolute Gasteiger partial charge is 0.492 e. The molecule has 2 aromatic rings. The fourth-order valence-electron chi connectivity index (χ4n) is 2.61. The smallest absolute Gasteiger partial charge is 0.227 e. The molecule has 1 aromatic carbocycles. The summed E-state index contributed by atoms with van der Waals surface area (Å²) in [4.78, 5) is 12.3. The van der Waals surface area contributed by atoms with Gasteiger partial charge in [0.05, 0.1) is 12.5 Å². The summed E-state index contributed by atoms with van der Waals surface area (Å²) < 4.78 is 18.8. The molecule has 2 atom stereocenters. The van der Waals surface area contributed by atoms with E-state index in [2.05, 4.69) is 5.32 Å². The van der Waals surface area contributed by atoms with Gasteiger partial charge in [-0.3, -0.25) is 4.79 Å². The topological polar surface area (TPSA) is 58.6 Å². The van der Waals surface area contributed by atoms with E-state index >= 15 is 0 Å². The molecule has 0 saturated heterocycles. The van der Waals surface area contributed by atoms with Gasteiger partial charge < -0.3 is 15.2 Å². The highest BCUT2D eigenvalue weighted by Crippen LogP contribution is 2.28. The number of fused-ring (bicyclic) bond motifs is 1. The van der Waals surface area contributed by atoms with E-state index in [-0.39, 0.29) is 30.8 Å². The van der Waals surface area contributed by atoms with E-state index in [0.717, 1.165) is 5.56 Å². The Bertz CT molecular complexity index is 700. The second-order valence-corrected chi connectivity index (χ2v) is 6.75. The third-order valence-corrected chi connectivity index (χ3v) is 4.73. The summed E-state index contributed by atoms with van der Waals surface area (Å²) >= 11 is 1.49. The summed E-state index contributed by atoms with van der Waals surface area (Å²) in [6, 6.07) is 6.16. The number of carbonyl (C=O) groups is 1. The Morgan fingerprint density at radius 3 is 3.09 bits per heavy atom. The molecule has 0 radical (unpaired) electrons. The van der Waals surface area contributed by atoms with Crippen molar-refractivity contribution in [3.8, 4) is 5.75 Å². The molecule has 0 fully saturated rings. The molecule has 1 aliphatic rings. The summed E-state index contributed by atoms with van der Waals surface area (Å²) in [5, 5.41) is 16.9. The zero-order chi connectivity index (χ0) is 16.4. The first kappa shape index (κ1) is 16.0. The van der Waals surface area contributed by atoms with Crippen molar-refractivity contribution in [3.63, 3.8) is 0 Å². The second kappa shape index (κ2) is 6.29. The van der Waals surface area contributed by atoms with Crippen LogP contribution in [0.2, 0.25) is 0 Å². The van der Waals surface area contributed by atoms with Crippen LogP contribution in [0.4, 0.5) is 4.39 Å². The summed E-state index contributed by atoms with van der Waals surface area (Å²) in [6.45, 7) is 2.04. The lowest BCUT2D eigenvalue weighted by molar-refractivity contribution is -0.127. The Morgan fingerprint density at radius 2 is 2.35 bits per heavy atom. The van der Waals surface area contributed by atoms with E-state index < -0.39 is 5.60 Å². The normalized spacial score (nSPS) is 19.3. The van der Waals surface area contributed by atoms with Gasteiger partial charge in [-0.2, -0.15) is 11.3 Å². The number of halogens is 1. The molecule has 23 heavy (non-hydrogen) atoms. The first-order chi connectivity index (χ1) is 11.0. The van der Waals surface area contributed by atoms with Crippen molar-refractivity contribution in [2.24, 2.45) is 5.92 Å². The van der Waals surface area contributed by atoms with Crippen LogP contribution in [0.3, 0.4) is 0 Å². The van der Waals surface area contributed by atoms with E-state index in [1.807, 2.05) is 16.8 Å². The minimum Gasteiger partial charge on any atom is -0.492 e. The van der Waals surface area contributed by atoms with Crippen LogP contribution in [0.1, 0.15) is 18.1 Å². The summed E-state index contributed by atoms with van der Waals surface area (Å²) in [5.41, 5.74) is 0.353. The Kier molecular flexibility index (Phi) is 4.37. The minimum absolute atomic E-state index is 0.120. The van der Waals surface area contributed by atoms with E-state index in [4.69, 9.17) is 4.74 Å². The highest BCUT2D eigenvalue weighted by atomic mass is 32.1. The number of hydrogen-bond acceptors (Lipinski definition) is 4. The molecule has 0 aliphatic carbocycles. The molecule has 2 heterocycles. The van der Waals surface area contributed by atoms with E-state index in [0.29, 0.717) is 17.7 Å². The molecular formula is C17H18FNO3S. The molecule has 0 bridgehead atoms. The number of aliphatic hydroxyl groups is 1. The van der Waals surface area contributed by atoms with E-state index in [1.165, 1.54) is 23.5 Å². The SMILES string of the molecule is CC(O)(CNC(=O)C1COc2ccc(F)cc2C1)c1ccsc1. The van der Waals surface area contributed by atoms with Crippen molar-refractivity contribution in [1.29, 1.82) is 0 Å². The van der Waals surface area contributed by atoms with Gasteiger partial charge in [-0.1, -0.05) is 0 Å². The number of thiophene rings is 1. The maximum atomic E-state index is 13.3. The number of benzene rings is 1. The quantitative estimate of drug-likeness (QED) is 0.902. The Balaban J connectivity index is 1.61. The van der Waals surface area contributed by atoms with Gasteiger partial charge >= 0.3 is 0 Å². The lowest BCUT2D eigenvalue weighted by atomic mass is 9.95. The zero-order valence-corrected chi connectivity index (χ0v) is 13.5. The third kappa shape index (κ3) is 3.54. The van der Waals surface area contributed by atoms with Crippen LogP contribution in [-0.2, 0) is 16.8 Å². The predicted molar refractivity (Wildman–Crippen MR) is 86.0 cm³/mol. The van der Waals surface area contributed by atoms with E-state index in [9.17, 15) is 14.3 Å². The van der Waals surface area contributed by atoms with Gasteiger partial charge in [0.1, 0.15) is 23.8 Å². The average molecular weight is 335 g/mol. The Morgan fingerprint density at radius 1 is 1.52 bits per heavy atom. The predicted octanol–water partition coefficient (Wildman–Crippen LogP) is 2.46. The van der Waals surface area contributed by atoms with Gasteiger partial charge in [0, 0.05) is 0 Å². The highest BCUT2D eigenvalue weighted by molar-refractivity contribution is 7.08. The van der Waals surface area contributed by atoms with Crippen LogP contribution in [0.25, 0.3) is 0 Å². The van der Waals surface area contributed by atoms with Crippen LogP contribution in [0.5, 0.6) is 5.75 Å². The van der Waals surface area contributed by atoms with Gasteiger partial charge in [-0.25, -0.2) is 4.39 Å². The Hall–Kier alpha value is -1.92. The molecule has 1 aliphatic heterocycles. The molecule has 0 saturated carbocycles. The van der Waals surface area contributed by atoms with Crippen LogP contribution in [0, 0.1) is 11.7 Å². The number of nitrogens with one attached hydrogen (secondary N) is 1. The van der Waals surface area contributed by atoms with Gasteiger partial charge in [0.25, 0.3) is 0 Å². The first-order valence-corrected chi connectivity index (χ1v) is 8.34. The van der Waals surface area contributed by atoms with Gasteiger partial charge in [-0.05, 0) is 59.5 Å². The molecule has 2 unspecified atom stereocenters. The maximum Gasteiger partial charge on any atom is 0.227 e. The van der Waals surface area contributed by atoms with Crippen molar-refractivity contribution in [1.82, 2.24) is 5.32 Å². The lowest BCUT2D eigenvalue weighted by Gasteiger charge is -2.27. The van der Waals surface area contributed by atoms with Crippen molar-refractivity contribution >= 4 is 17.2 Å². The monoisotopic (exact) mass is 335 g/mol. The number of carbonyl (C=O) groups excluding carboxylic acids is 1. The lowest BCUT2D eigenvalue weighted by Crippen LogP contribution is -2.43. The summed E-state index contributed by atoms with van der Waals surface area (Å²) in [5.74, 6) is -0.299. The third-order valence-electron chi connectivity index (χ3n) is 4.05. The average Bonchev–Trinajstić information content (AvgIpc) is 3.07. The fraction of sp³-hybridized carbons (Fsp3) is 0.353. The molecule has 6 heteroatoms. The Labute approximate surface area is 137 Å². The van der Waals surface area contributed by atoms with Crippen molar-refractivity contribution in [2.45, 2.75) is 18.9 Å². The van der Waals surface area contributed by atoms with Crippen molar-refractivity contribution < 1.29 is 19.0 Å². The summed E-state index contributed by atoms with van der Waals surface area (Å²) in [7, 11) is 0. The minimum atomic E-state index is -1.12. The van der Waals surface area contributed by atoms with E-state index in [1.54, 1.807) is 13.0 Å². The first-order valence-electron chi connectivity index (χ1n) is 7.40. The molecular weight excluding hydrogens is 317 g/mol. The van der Waals surface area contributed by atoms with Crippen molar-refractivity contribution in [2.75, 3.05) is 13.2 Å². The molecule has 1 amide bonds. The van der Waals surface area contributed by atoms with Crippen LogP contribution >= 0.6 is 11.3 Å². The zero-order valence-electron chi connectivity index (χ0n) is 12.7. The molecule has 4 nitrogen and oxygen atoms in total. The fourth-order valence-corrected chi connectivity index (χ4v) is 3.39. The second-order valence-electron chi connectivity index (χ2n) is 5.97. The number of amides is 1. The number of rotatable bonds is 4. The van der Waals surface area contributed by atoms with Gasteiger partial charge in [-0.15, -0.1) is 0 Å². The van der Waals surface area contributed by atoms with Gasteiger partial charge in [0.15, 0.2) is 0 Å². The molecule has 2 N–H and O–H groups in total.